The number of nitrogens with one attached hydrogen (secondary N) is 1. The Morgan fingerprint density at radius 2 is 1.86 bits per heavy atom. The Labute approximate surface area is 250 Å². The molecule has 0 spiro atoms. The van der Waals surface area contributed by atoms with Crippen LogP contribution in [-0.2, 0) is 38.6 Å². The fourth-order valence-electron chi connectivity index (χ4n) is 4.82. The van der Waals surface area contributed by atoms with Gasteiger partial charge in [0.05, 0.1) is 32.4 Å². The van der Waals surface area contributed by atoms with Crippen LogP contribution in [0.25, 0.3) is 0 Å². The van der Waals surface area contributed by atoms with Crippen molar-refractivity contribution in [2.75, 3.05) is 26.6 Å². The molecule has 2 atom stereocenters. The van der Waals surface area contributed by atoms with Crippen molar-refractivity contribution in [3.63, 3.8) is 0 Å². The molecular weight excluding hydrogens is 584 g/mol. The van der Waals surface area contributed by atoms with E-state index in [1.165, 1.54) is 15.7 Å². The van der Waals surface area contributed by atoms with Crippen LogP contribution in [0.5, 0.6) is 5.75 Å². The SMILES string of the molecule is C[C@H]1CO[C@@H]2Cn3cc(C(=O)NCc4ccc(F)cc4F)c(=O)c(OCOC(=O)OCCOCc4ccccc4)c3C(=O)N12. The van der Waals surface area contributed by atoms with Gasteiger partial charge in [-0.3, -0.25) is 14.4 Å². The Bertz CT molecular complexity index is 1600. The van der Waals surface area contributed by atoms with E-state index in [2.05, 4.69) is 5.32 Å². The molecule has 2 aliphatic rings. The van der Waals surface area contributed by atoms with Crippen LogP contribution < -0.4 is 15.5 Å². The third kappa shape index (κ3) is 6.87. The summed E-state index contributed by atoms with van der Waals surface area (Å²) in [6, 6.07) is 12.0. The monoisotopic (exact) mass is 613 g/mol. The van der Waals surface area contributed by atoms with Gasteiger partial charge in [-0.25, -0.2) is 13.6 Å². The molecule has 1 N–H and O–H groups in total. The Kier molecular flexibility index (Phi) is 9.50. The summed E-state index contributed by atoms with van der Waals surface area (Å²) < 4.78 is 55.1. The standard InChI is InChI=1S/C30H29F2N3O9/c1-18-15-42-24-14-34-13-22(28(37)33-12-20-7-8-21(31)11-23(20)32)26(36)27(25(34)29(38)35(18)24)43-17-44-30(39)41-10-9-40-16-19-5-3-2-4-6-19/h2-8,11,13,18,24H,9-10,12,14-17H2,1H3,(H,33,37)/t18-,24+/m0/s1. The van der Waals surface area contributed by atoms with E-state index in [1.54, 1.807) is 6.92 Å². The minimum atomic E-state index is -1.11. The Morgan fingerprint density at radius 3 is 2.64 bits per heavy atom. The molecule has 3 aromatic rings. The van der Waals surface area contributed by atoms with Gasteiger partial charge in [0, 0.05) is 24.4 Å². The van der Waals surface area contributed by atoms with Crippen LogP contribution in [0.4, 0.5) is 13.6 Å². The van der Waals surface area contributed by atoms with Crippen LogP contribution in [0.1, 0.15) is 38.9 Å². The zero-order chi connectivity index (χ0) is 31.2. The lowest BCUT2D eigenvalue weighted by atomic mass is 10.1. The number of pyridine rings is 1. The van der Waals surface area contributed by atoms with E-state index in [9.17, 15) is 28.0 Å². The van der Waals surface area contributed by atoms with Crippen molar-refractivity contribution in [1.82, 2.24) is 14.8 Å². The van der Waals surface area contributed by atoms with Crippen molar-refractivity contribution in [3.8, 4) is 5.75 Å². The number of hydrogen-bond donors (Lipinski definition) is 1. The number of fused-ring (bicyclic) bond motifs is 2. The minimum Gasteiger partial charge on any atom is -0.451 e. The molecule has 2 aromatic carbocycles. The zero-order valence-electron chi connectivity index (χ0n) is 23.6. The molecule has 0 unspecified atom stereocenters. The molecule has 232 valence electrons. The molecule has 1 fully saturated rings. The molecular formula is C30H29F2N3O9. The summed E-state index contributed by atoms with van der Waals surface area (Å²) in [6.45, 7) is 1.31. The predicted octanol–water partition coefficient (Wildman–Crippen LogP) is 2.96. The number of ether oxygens (including phenoxy) is 5. The highest BCUT2D eigenvalue weighted by atomic mass is 19.1. The fourth-order valence-corrected chi connectivity index (χ4v) is 4.82. The van der Waals surface area contributed by atoms with Gasteiger partial charge in [0.1, 0.15) is 23.8 Å². The van der Waals surface area contributed by atoms with Crippen molar-refractivity contribution >= 4 is 18.0 Å². The first-order valence-electron chi connectivity index (χ1n) is 13.7. The minimum absolute atomic E-state index is 0.00849. The molecule has 1 saturated heterocycles. The molecule has 0 radical (unpaired) electrons. The average molecular weight is 614 g/mol. The van der Waals surface area contributed by atoms with Gasteiger partial charge in [-0.1, -0.05) is 36.4 Å². The maximum atomic E-state index is 14.1. The van der Waals surface area contributed by atoms with E-state index in [1.807, 2.05) is 30.3 Å². The molecule has 2 amide bonds. The molecule has 1 aromatic heterocycles. The topological polar surface area (TPSA) is 135 Å². The second-order valence-electron chi connectivity index (χ2n) is 10.0. The lowest BCUT2D eigenvalue weighted by Gasteiger charge is -2.34. The van der Waals surface area contributed by atoms with Crippen LogP contribution in [0.15, 0.2) is 59.5 Å². The number of halogens is 2. The fraction of sp³-hybridized carbons (Fsp3) is 0.333. The molecule has 0 bridgehead atoms. The molecule has 2 aliphatic heterocycles. The van der Waals surface area contributed by atoms with E-state index in [-0.39, 0.29) is 50.2 Å². The van der Waals surface area contributed by atoms with Gasteiger partial charge in [0.2, 0.25) is 18.0 Å². The highest BCUT2D eigenvalue weighted by Crippen LogP contribution is 2.30. The highest BCUT2D eigenvalue weighted by Gasteiger charge is 2.43. The summed E-state index contributed by atoms with van der Waals surface area (Å²) in [6.07, 6.45) is -0.557. The number of carbonyl (C=O) groups is 3. The van der Waals surface area contributed by atoms with Gasteiger partial charge in [-0.05, 0) is 18.6 Å². The first-order chi connectivity index (χ1) is 21.2. The van der Waals surface area contributed by atoms with Gasteiger partial charge in [-0.2, -0.15) is 0 Å². The molecule has 0 aliphatic carbocycles. The number of hydrogen-bond acceptors (Lipinski definition) is 9. The number of nitrogens with zero attached hydrogens (tertiary/aromatic N) is 2. The molecule has 12 nitrogen and oxygen atoms in total. The number of carbonyl (C=O) groups excluding carboxylic acids is 3. The van der Waals surface area contributed by atoms with Crippen molar-refractivity contribution in [2.45, 2.75) is 38.9 Å². The summed E-state index contributed by atoms with van der Waals surface area (Å²) >= 11 is 0. The summed E-state index contributed by atoms with van der Waals surface area (Å²) in [5, 5.41) is 2.42. The van der Waals surface area contributed by atoms with E-state index in [4.69, 9.17) is 23.7 Å². The summed E-state index contributed by atoms with van der Waals surface area (Å²) in [5.41, 5.74) is -0.593. The average Bonchev–Trinajstić information content (AvgIpc) is 3.38. The highest BCUT2D eigenvalue weighted by molar-refractivity contribution is 5.99. The number of aromatic nitrogens is 1. The van der Waals surface area contributed by atoms with Crippen molar-refractivity contribution in [2.24, 2.45) is 0 Å². The van der Waals surface area contributed by atoms with Gasteiger partial charge in [-0.15, -0.1) is 0 Å². The predicted molar refractivity (Wildman–Crippen MR) is 148 cm³/mol. The Morgan fingerprint density at radius 1 is 1.07 bits per heavy atom. The lowest BCUT2D eigenvalue weighted by Crippen LogP contribution is -2.49. The third-order valence-electron chi connectivity index (χ3n) is 6.98. The van der Waals surface area contributed by atoms with Crippen LogP contribution in [0, 0.1) is 11.6 Å². The first kappa shape index (κ1) is 30.6. The molecule has 44 heavy (non-hydrogen) atoms. The van der Waals surface area contributed by atoms with Crippen molar-refractivity contribution in [3.05, 3.63) is 99.0 Å². The number of rotatable bonds is 11. The molecule has 3 heterocycles. The van der Waals surface area contributed by atoms with Gasteiger partial charge >= 0.3 is 6.16 Å². The van der Waals surface area contributed by atoms with Crippen LogP contribution in [0.2, 0.25) is 0 Å². The van der Waals surface area contributed by atoms with Crippen molar-refractivity contribution in [1.29, 1.82) is 0 Å². The third-order valence-corrected chi connectivity index (χ3v) is 6.98. The molecule has 5 rings (SSSR count). The lowest BCUT2D eigenvalue weighted by molar-refractivity contribution is -0.0120. The van der Waals surface area contributed by atoms with Gasteiger partial charge < -0.3 is 38.5 Å². The Hall–Kier alpha value is -4.82. The molecule has 14 heteroatoms. The summed E-state index contributed by atoms with van der Waals surface area (Å²) in [7, 11) is 0. The Balaban J connectivity index is 1.26. The van der Waals surface area contributed by atoms with E-state index >= 15 is 0 Å². The first-order valence-corrected chi connectivity index (χ1v) is 13.7. The van der Waals surface area contributed by atoms with Gasteiger partial charge in [0.15, 0.2) is 11.9 Å². The molecule has 0 saturated carbocycles. The van der Waals surface area contributed by atoms with Crippen LogP contribution >= 0.6 is 0 Å². The van der Waals surface area contributed by atoms with Crippen LogP contribution in [0.3, 0.4) is 0 Å². The summed E-state index contributed by atoms with van der Waals surface area (Å²) in [4.78, 5) is 53.4. The maximum absolute atomic E-state index is 14.1. The number of amides is 2. The van der Waals surface area contributed by atoms with Gasteiger partial charge in [0.25, 0.3) is 11.8 Å². The largest absolute Gasteiger partial charge is 0.511 e. The van der Waals surface area contributed by atoms with Crippen molar-refractivity contribution < 1.29 is 46.8 Å². The second kappa shape index (κ2) is 13.7. The smallest absolute Gasteiger partial charge is 0.451 e. The van der Waals surface area contributed by atoms with E-state index in [0.717, 1.165) is 17.7 Å². The quantitative estimate of drug-likeness (QED) is 0.197. The summed E-state index contributed by atoms with van der Waals surface area (Å²) in [5.74, 6) is -3.65. The second-order valence-corrected chi connectivity index (χ2v) is 10.0. The zero-order valence-corrected chi connectivity index (χ0v) is 23.6. The number of benzene rings is 2. The van der Waals surface area contributed by atoms with Crippen LogP contribution in [-0.4, -0.2) is 66.3 Å². The normalized spacial score (nSPS) is 17.1. The van der Waals surface area contributed by atoms with E-state index in [0.29, 0.717) is 12.7 Å². The maximum Gasteiger partial charge on any atom is 0.511 e. The van der Waals surface area contributed by atoms with E-state index < -0.39 is 59.4 Å².